The number of amides is 2. The number of nitrogens with zero attached hydrogens (tertiary/aromatic N) is 1. The number of rotatable bonds is 7. The van der Waals surface area contributed by atoms with E-state index in [0.717, 1.165) is 6.92 Å². The van der Waals surface area contributed by atoms with Crippen LogP contribution >= 0.6 is 11.6 Å². The predicted octanol–water partition coefficient (Wildman–Crippen LogP) is 3.48. The van der Waals surface area contributed by atoms with E-state index in [1.165, 1.54) is 35.9 Å². The molecule has 0 aliphatic carbocycles. The summed E-state index contributed by atoms with van der Waals surface area (Å²) >= 11 is 6.04. The minimum atomic E-state index is -4.03. The number of esters is 1. The first kappa shape index (κ1) is 27.6. The zero-order chi connectivity index (χ0) is 28.3. The molecule has 2 N–H and O–H groups in total. The van der Waals surface area contributed by atoms with Gasteiger partial charge in [-0.1, -0.05) is 41.9 Å². The molecule has 0 bridgehead atoms. The summed E-state index contributed by atoms with van der Waals surface area (Å²) in [7, 11) is -2.58. The lowest BCUT2D eigenvalue weighted by atomic mass is 9.97. The highest BCUT2D eigenvalue weighted by Gasteiger charge is 2.24. The zero-order valence-corrected chi connectivity index (χ0v) is 22.3. The number of fused-ring (bicyclic) bond motifs is 1. The van der Waals surface area contributed by atoms with Crippen LogP contribution in [-0.4, -0.2) is 37.4 Å². The molecule has 1 aromatic heterocycles. The third-order valence-corrected chi connectivity index (χ3v) is 7.39. The highest BCUT2D eigenvalue weighted by Crippen LogP contribution is 2.31. The molecule has 0 saturated heterocycles. The van der Waals surface area contributed by atoms with Crippen molar-refractivity contribution in [1.82, 2.24) is 9.29 Å². The number of pyridine rings is 1. The second kappa shape index (κ2) is 11.1. The predicted molar refractivity (Wildman–Crippen MR) is 146 cm³/mol. The molecule has 4 rings (SSSR count). The Balaban J connectivity index is 1.57. The van der Waals surface area contributed by atoms with Gasteiger partial charge < -0.3 is 14.6 Å². The van der Waals surface area contributed by atoms with Gasteiger partial charge >= 0.3 is 5.97 Å². The third-order valence-electron chi connectivity index (χ3n) is 5.69. The molecule has 0 aliphatic rings. The van der Waals surface area contributed by atoms with Crippen LogP contribution in [-0.2, 0) is 31.4 Å². The first-order chi connectivity index (χ1) is 18.5. The highest BCUT2D eigenvalue weighted by molar-refractivity contribution is 7.90. The highest BCUT2D eigenvalue weighted by atomic mass is 35.5. The van der Waals surface area contributed by atoms with Crippen molar-refractivity contribution in [1.29, 1.82) is 0 Å². The Labute approximate surface area is 228 Å². The first-order valence-electron chi connectivity index (χ1n) is 11.5. The Hall–Kier alpha value is -4.48. The molecular weight excluding hydrogens is 546 g/mol. The van der Waals surface area contributed by atoms with Gasteiger partial charge in [0.05, 0.1) is 4.90 Å². The fourth-order valence-corrected chi connectivity index (χ4v) is 5.09. The topological polar surface area (TPSA) is 141 Å². The summed E-state index contributed by atoms with van der Waals surface area (Å²) in [5, 5.41) is 3.93. The Morgan fingerprint density at radius 2 is 1.54 bits per heavy atom. The van der Waals surface area contributed by atoms with Gasteiger partial charge in [0.1, 0.15) is 5.69 Å². The number of nitrogens with one attached hydrogen (secondary N) is 2. The molecule has 0 saturated carbocycles. The largest absolute Gasteiger partial charge is 0.451 e. The Morgan fingerprint density at radius 1 is 0.923 bits per heavy atom. The minimum Gasteiger partial charge on any atom is -0.451 e. The van der Waals surface area contributed by atoms with Crippen molar-refractivity contribution >= 4 is 55.9 Å². The quantitative estimate of drug-likeness (QED) is 0.326. The van der Waals surface area contributed by atoms with Gasteiger partial charge in [0.2, 0.25) is 5.91 Å². The van der Waals surface area contributed by atoms with E-state index < -0.39 is 40.0 Å². The average molecular weight is 568 g/mol. The Bertz CT molecular complexity index is 1760. The SMILES string of the molecule is CC(=O)NS(=O)(=O)c1ccc(NC(=O)COC(=O)c2c(-c3ccc(Cl)cc3)c3ccccc3c(=O)n2C)cc1. The summed E-state index contributed by atoms with van der Waals surface area (Å²) < 4.78 is 32.4. The molecule has 0 aliphatic heterocycles. The van der Waals surface area contributed by atoms with Crippen LogP contribution in [0.15, 0.2) is 82.5 Å². The van der Waals surface area contributed by atoms with Crippen LogP contribution in [0.3, 0.4) is 0 Å². The molecule has 10 nitrogen and oxygen atoms in total. The number of anilines is 1. The van der Waals surface area contributed by atoms with Crippen LogP contribution < -0.4 is 15.6 Å². The fraction of sp³-hybridized carbons (Fsp3) is 0.111. The number of sulfonamides is 1. The van der Waals surface area contributed by atoms with E-state index in [9.17, 15) is 27.6 Å². The normalized spacial score (nSPS) is 11.2. The van der Waals surface area contributed by atoms with Crippen molar-refractivity contribution in [3.8, 4) is 11.1 Å². The summed E-state index contributed by atoms with van der Waals surface area (Å²) in [6.45, 7) is 0.396. The molecule has 0 fully saturated rings. The molecule has 3 aromatic carbocycles. The summed E-state index contributed by atoms with van der Waals surface area (Å²) in [5.74, 6) is -2.32. The number of hydrogen-bond acceptors (Lipinski definition) is 7. The third kappa shape index (κ3) is 6.00. The lowest BCUT2D eigenvalue weighted by Gasteiger charge is -2.17. The molecular formula is C27H22ClN3O7S. The van der Waals surface area contributed by atoms with Gasteiger partial charge in [0, 0.05) is 35.6 Å². The van der Waals surface area contributed by atoms with Crippen molar-refractivity contribution in [3.05, 3.63) is 93.9 Å². The fourth-order valence-electron chi connectivity index (χ4n) is 3.97. The van der Waals surface area contributed by atoms with Crippen LogP contribution in [0.4, 0.5) is 5.69 Å². The lowest BCUT2D eigenvalue weighted by molar-refractivity contribution is -0.119. The van der Waals surface area contributed by atoms with Gasteiger partial charge in [-0.05, 0) is 53.4 Å². The second-order valence-corrected chi connectivity index (χ2v) is 10.6. The average Bonchev–Trinajstić information content (AvgIpc) is 2.89. The second-order valence-electron chi connectivity index (χ2n) is 8.45. The summed E-state index contributed by atoms with van der Waals surface area (Å²) in [4.78, 5) is 49.6. The molecule has 0 radical (unpaired) electrons. The Kier molecular flexibility index (Phi) is 7.84. The number of aromatic nitrogens is 1. The summed E-state index contributed by atoms with van der Waals surface area (Å²) in [6.07, 6.45) is 0. The number of ether oxygens (including phenoxy) is 1. The van der Waals surface area contributed by atoms with E-state index in [-0.39, 0.29) is 16.3 Å². The van der Waals surface area contributed by atoms with Gasteiger partial charge in [-0.25, -0.2) is 17.9 Å². The molecule has 1 heterocycles. The first-order valence-corrected chi connectivity index (χ1v) is 13.3. The van der Waals surface area contributed by atoms with Gasteiger partial charge in [0.25, 0.3) is 21.5 Å². The summed E-state index contributed by atoms with van der Waals surface area (Å²) in [6, 6.07) is 18.6. The maximum atomic E-state index is 13.2. The van der Waals surface area contributed by atoms with Crippen LogP contribution in [0.2, 0.25) is 5.02 Å². The van der Waals surface area contributed by atoms with Crippen LogP contribution in [0.25, 0.3) is 21.9 Å². The van der Waals surface area contributed by atoms with Crippen molar-refractivity contribution in [2.45, 2.75) is 11.8 Å². The van der Waals surface area contributed by atoms with E-state index in [0.29, 0.717) is 26.9 Å². The van der Waals surface area contributed by atoms with Gasteiger partial charge in [0.15, 0.2) is 6.61 Å². The van der Waals surface area contributed by atoms with Crippen LogP contribution in [0.5, 0.6) is 0 Å². The molecule has 4 aromatic rings. The molecule has 2 amide bonds. The number of carbonyl (C=O) groups is 3. The molecule has 39 heavy (non-hydrogen) atoms. The molecule has 0 spiro atoms. The Morgan fingerprint density at radius 3 is 2.15 bits per heavy atom. The van der Waals surface area contributed by atoms with Crippen molar-refractivity contribution in [2.75, 3.05) is 11.9 Å². The van der Waals surface area contributed by atoms with Crippen LogP contribution in [0, 0.1) is 0 Å². The van der Waals surface area contributed by atoms with Crippen LogP contribution in [0.1, 0.15) is 17.4 Å². The number of hydrogen-bond donors (Lipinski definition) is 2. The van der Waals surface area contributed by atoms with E-state index in [2.05, 4.69) is 5.32 Å². The van der Waals surface area contributed by atoms with Gasteiger partial charge in [-0.15, -0.1) is 0 Å². The van der Waals surface area contributed by atoms with E-state index in [1.54, 1.807) is 48.5 Å². The maximum Gasteiger partial charge on any atom is 0.356 e. The van der Waals surface area contributed by atoms with Crippen molar-refractivity contribution in [2.24, 2.45) is 7.05 Å². The molecule has 0 unspecified atom stereocenters. The molecule has 0 atom stereocenters. The van der Waals surface area contributed by atoms with Gasteiger partial charge in [-0.2, -0.15) is 0 Å². The lowest BCUT2D eigenvalue weighted by Crippen LogP contribution is -2.28. The molecule has 12 heteroatoms. The van der Waals surface area contributed by atoms with Crippen molar-refractivity contribution in [3.63, 3.8) is 0 Å². The van der Waals surface area contributed by atoms with E-state index in [1.807, 2.05) is 4.72 Å². The number of benzene rings is 3. The van der Waals surface area contributed by atoms with Crippen molar-refractivity contribution < 1.29 is 27.5 Å². The monoisotopic (exact) mass is 567 g/mol. The standard InChI is InChI=1S/C27H22ClN3O7S/c1-16(32)30-39(36,37)20-13-11-19(12-14-20)29-23(33)15-38-27(35)25-24(17-7-9-18(28)10-8-17)21-5-3-4-6-22(21)26(34)31(25)2/h3-14H,15H2,1-2H3,(H,29,33)(H,30,32). The van der Waals surface area contributed by atoms with E-state index >= 15 is 0 Å². The molecule has 200 valence electrons. The number of carbonyl (C=O) groups excluding carboxylic acids is 3. The maximum absolute atomic E-state index is 13.2. The zero-order valence-electron chi connectivity index (χ0n) is 20.7. The van der Waals surface area contributed by atoms with E-state index in [4.69, 9.17) is 16.3 Å². The minimum absolute atomic E-state index is 0.0404. The summed E-state index contributed by atoms with van der Waals surface area (Å²) in [5.41, 5.74) is 0.857. The number of halogens is 1. The van der Waals surface area contributed by atoms with Gasteiger partial charge in [-0.3, -0.25) is 14.4 Å². The smallest absolute Gasteiger partial charge is 0.356 e.